The van der Waals surface area contributed by atoms with Crippen LogP contribution in [0.1, 0.15) is 31.2 Å². The van der Waals surface area contributed by atoms with Gasteiger partial charge in [0.2, 0.25) is 0 Å². The van der Waals surface area contributed by atoms with Gasteiger partial charge in [0.1, 0.15) is 5.75 Å². The van der Waals surface area contributed by atoms with Crippen LogP contribution < -0.4 is 10.5 Å². The highest BCUT2D eigenvalue weighted by molar-refractivity contribution is 5.47. The molecule has 0 radical (unpaired) electrons. The van der Waals surface area contributed by atoms with E-state index in [-0.39, 0.29) is 5.41 Å². The zero-order valence-electron chi connectivity index (χ0n) is 9.78. The second-order valence-electron chi connectivity index (χ2n) is 5.18. The second-order valence-corrected chi connectivity index (χ2v) is 5.18. The first-order valence-electron chi connectivity index (χ1n) is 6.18. The zero-order valence-corrected chi connectivity index (χ0v) is 9.78. The lowest BCUT2D eigenvalue weighted by atomic mass is 9.70. The van der Waals surface area contributed by atoms with Crippen molar-refractivity contribution in [2.24, 2.45) is 11.7 Å². The largest absolute Gasteiger partial charge is 0.496 e. The second kappa shape index (κ2) is 3.49. The van der Waals surface area contributed by atoms with Crippen molar-refractivity contribution in [2.45, 2.75) is 37.1 Å². The Morgan fingerprint density at radius 2 is 2.00 bits per heavy atom. The maximum atomic E-state index is 6.21. The Labute approximate surface area is 96.8 Å². The molecule has 3 rings (SSSR count). The molecule has 2 aliphatic rings. The number of para-hydroxylation sites is 1. The minimum atomic E-state index is 0.241. The van der Waals surface area contributed by atoms with Crippen LogP contribution in [0.5, 0.6) is 5.75 Å². The van der Waals surface area contributed by atoms with E-state index in [0.29, 0.717) is 6.04 Å². The number of hydrogen-bond acceptors (Lipinski definition) is 2. The molecule has 0 amide bonds. The molecule has 0 heterocycles. The molecule has 0 spiro atoms. The van der Waals surface area contributed by atoms with Gasteiger partial charge in [-0.1, -0.05) is 24.6 Å². The van der Waals surface area contributed by atoms with Crippen LogP contribution in [0.3, 0.4) is 0 Å². The zero-order chi connectivity index (χ0) is 11.2. The summed E-state index contributed by atoms with van der Waals surface area (Å²) in [4.78, 5) is 0. The van der Waals surface area contributed by atoms with E-state index in [1.54, 1.807) is 7.11 Å². The molecule has 2 heteroatoms. The third-order valence-corrected chi connectivity index (χ3v) is 4.50. The van der Waals surface area contributed by atoms with Gasteiger partial charge in [-0.15, -0.1) is 0 Å². The van der Waals surface area contributed by atoms with E-state index >= 15 is 0 Å². The predicted molar refractivity (Wildman–Crippen MR) is 64.6 cm³/mol. The molecule has 2 fully saturated rings. The SMILES string of the molecule is COc1ccccc1C1(C2CCC2)CC1N. The number of rotatable bonds is 3. The third kappa shape index (κ3) is 1.23. The molecule has 2 aliphatic carbocycles. The first-order valence-corrected chi connectivity index (χ1v) is 6.18. The summed E-state index contributed by atoms with van der Waals surface area (Å²) in [5.74, 6) is 1.81. The lowest BCUT2D eigenvalue weighted by Gasteiger charge is -2.35. The minimum Gasteiger partial charge on any atom is -0.496 e. The van der Waals surface area contributed by atoms with Gasteiger partial charge in [-0.05, 0) is 31.2 Å². The molecule has 1 aromatic rings. The van der Waals surface area contributed by atoms with Gasteiger partial charge in [-0.2, -0.15) is 0 Å². The predicted octanol–water partition coefficient (Wildman–Crippen LogP) is 2.46. The van der Waals surface area contributed by atoms with Gasteiger partial charge in [0, 0.05) is 17.0 Å². The van der Waals surface area contributed by atoms with Crippen molar-refractivity contribution in [1.82, 2.24) is 0 Å². The topological polar surface area (TPSA) is 35.2 Å². The van der Waals surface area contributed by atoms with E-state index in [1.807, 2.05) is 6.07 Å². The molecule has 0 aliphatic heterocycles. The van der Waals surface area contributed by atoms with Crippen molar-refractivity contribution in [2.75, 3.05) is 7.11 Å². The van der Waals surface area contributed by atoms with Crippen molar-refractivity contribution in [3.05, 3.63) is 29.8 Å². The van der Waals surface area contributed by atoms with E-state index in [0.717, 1.165) is 18.1 Å². The summed E-state index contributed by atoms with van der Waals surface area (Å²) in [7, 11) is 1.75. The highest BCUT2D eigenvalue weighted by Crippen LogP contribution is 2.60. The first-order chi connectivity index (χ1) is 7.79. The monoisotopic (exact) mass is 217 g/mol. The summed E-state index contributed by atoms with van der Waals surface area (Å²) in [5.41, 5.74) is 7.80. The Morgan fingerprint density at radius 3 is 2.50 bits per heavy atom. The summed E-state index contributed by atoms with van der Waals surface area (Å²) in [6.45, 7) is 0. The van der Waals surface area contributed by atoms with Gasteiger partial charge in [0.25, 0.3) is 0 Å². The van der Waals surface area contributed by atoms with Crippen LogP contribution >= 0.6 is 0 Å². The fourth-order valence-corrected chi connectivity index (χ4v) is 3.26. The number of nitrogens with two attached hydrogens (primary N) is 1. The summed E-state index contributed by atoms with van der Waals surface area (Å²) < 4.78 is 5.48. The highest BCUT2D eigenvalue weighted by Gasteiger charge is 2.60. The maximum Gasteiger partial charge on any atom is 0.122 e. The Morgan fingerprint density at radius 1 is 1.31 bits per heavy atom. The van der Waals surface area contributed by atoms with Gasteiger partial charge in [0.15, 0.2) is 0 Å². The Hall–Kier alpha value is -1.02. The molecule has 86 valence electrons. The average Bonchev–Trinajstić information content (AvgIpc) is 2.88. The van der Waals surface area contributed by atoms with E-state index < -0.39 is 0 Å². The van der Waals surface area contributed by atoms with Crippen molar-refractivity contribution < 1.29 is 4.74 Å². The van der Waals surface area contributed by atoms with E-state index in [9.17, 15) is 0 Å². The fourth-order valence-electron chi connectivity index (χ4n) is 3.26. The number of benzene rings is 1. The smallest absolute Gasteiger partial charge is 0.122 e. The summed E-state index contributed by atoms with van der Waals surface area (Å²) >= 11 is 0. The molecule has 0 saturated heterocycles. The molecule has 2 N–H and O–H groups in total. The summed E-state index contributed by atoms with van der Waals surface area (Å²) in [5, 5.41) is 0. The van der Waals surface area contributed by atoms with Gasteiger partial charge < -0.3 is 10.5 Å². The number of methoxy groups -OCH3 is 1. The van der Waals surface area contributed by atoms with Crippen LogP contribution in [-0.2, 0) is 5.41 Å². The summed E-state index contributed by atoms with van der Waals surface area (Å²) in [6, 6.07) is 8.73. The molecular formula is C14H19NO. The third-order valence-electron chi connectivity index (χ3n) is 4.50. The van der Waals surface area contributed by atoms with E-state index in [1.165, 1.54) is 24.8 Å². The van der Waals surface area contributed by atoms with Crippen LogP contribution in [-0.4, -0.2) is 13.2 Å². The molecule has 2 saturated carbocycles. The lowest BCUT2D eigenvalue weighted by molar-refractivity contribution is 0.235. The Balaban J connectivity index is 2.00. The molecule has 0 bridgehead atoms. The van der Waals surface area contributed by atoms with Crippen molar-refractivity contribution in [3.8, 4) is 5.75 Å². The molecule has 2 unspecified atom stereocenters. The first kappa shape index (κ1) is 10.2. The Bertz CT molecular complexity index is 399. The highest BCUT2D eigenvalue weighted by atomic mass is 16.5. The number of hydrogen-bond donors (Lipinski definition) is 1. The van der Waals surface area contributed by atoms with Gasteiger partial charge >= 0.3 is 0 Å². The minimum absolute atomic E-state index is 0.241. The van der Waals surface area contributed by atoms with Gasteiger partial charge in [0.05, 0.1) is 7.11 Å². The van der Waals surface area contributed by atoms with Crippen molar-refractivity contribution in [1.29, 1.82) is 0 Å². The summed E-state index contributed by atoms with van der Waals surface area (Å²) in [6.07, 6.45) is 5.18. The van der Waals surface area contributed by atoms with E-state index in [2.05, 4.69) is 18.2 Å². The molecular weight excluding hydrogens is 198 g/mol. The molecule has 1 aromatic carbocycles. The Kier molecular flexibility index (Phi) is 2.21. The van der Waals surface area contributed by atoms with E-state index in [4.69, 9.17) is 10.5 Å². The standard InChI is InChI=1S/C14H19NO/c1-16-12-8-3-2-7-11(12)14(9-13(14)15)10-5-4-6-10/h2-3,7-8,10,13H,4-6,9,15H2,1H3. The average molecular weight is 217 g/mol. The fraction of sp³-hybridized carbons (Fsp3) is 0.571. The van der Waals surface area contributed by atoms with Crippen LogP contribution in [0.2, 0.25) is 0 Å². The normalized spacial score (nSPS) is 33.2. The lowest BCUT2D eigenvalue weighted by Crippen LogP contribution is -2.32. The molecule has 16 heavy (non-hydrogen) atoms. The van der Waals surface area contributed by atoms with Crippen molar-refractivity contribution >= 4 is 0 Å². The van der Waals surface area contributed by atoms with Gasteiger partial charge in [-0.3, -0.25) is 0 Å². The van der Waals surface area contributed by atoms with Crippen LogP contribution in [0.4, 0.5) is 0 Å². The number of ether oxygens (including phenoxy) is 1. The van der Waals surface area contributed by atoms with Crippen LogP contribution in [0.15, 0.2) is 24.3 Å². The molecule has 2 nitrogen and oxygen atoms in total. The van der Waals surface area contributed by atoms with Gasteiger partial charge in [-0.25, -0.2) is 0 Å². The van der Waals surface area contributed by atoms with Crippen molar-refractivity contribution in [3.63, 3.8) is 0 Å². The quantitative estimate of drug-likeness (QED) is 0.844. The maximum absolute atomic E-state index is 6.21. The molecule has 2 atom stereocenters. The van der Waals surface area contributed by atoms with Crippen LogP contribution in [0.25, 0.3) is 0 Å². The molecule has 0 aromatic heterocycles. The van der Waals surface area contributed by atoms with Crippen LogP contribution in [0, 0.1) is 5.92 Å².